The van der Waals surface area contributed by atoms with Gasteiger partial charge in [-0.1, -0.05) is 0 Å². The first-order valence-corrected chi connectivity index (χ1v) is 7.63. The van der Waals surface area contributed by atoms with Crippen LogP contribution in [0.5, 0.6) is 0 Å². The molecule has 1 aliphatic heterocycles. The molecule has 118 valence electrons. The van der Waals surface area contributed by atoms with E-state index in [1.54, 1.807) is 11.7 Å². The number of nitrogens with two attached hydrogens (primary N) is 1. The number of nitrogens with zero attached hydrogens (tertiary/aromatic N) is 4. The molecule has 6 nitrogen and oxygen atoms in total. The molecule has 0 atom stereocenters. The first-order valence-electron chi connectivity index (χ1n) is 7.63. The molecule has 2 heterocycles. The van der Waals surface area contributed by atoms with Gasteiger partial charge in [-0.25, -0.2) is 0 Å². The van der Waals surface area contributed by atoms with Crippen molar-refractivity contribution >= 4 is 11.6 Å². The number of amides is 1. The van der Waals surface area contributed by atoms with Crippen molar-refractivity contribution in [1.29, 1.82) is 0 Å². The van der Waals surface area contributed by atoms with Crippen LogP contribution in [0.1, 0.15) is 42.9 Å². The summed E-state index contributed by atoms with van der Waals surface area (Å²) in [5.41, 5.74) is 7.70. The molecule has 1 saturated heterocycles. The third kappa shape index (κ3) is 3.05. The molecule has 0 radical (unpaired) electrons. The Balaban J connectivity index is 2.07. The Kier molecular flexibility index (Phi) is 4.56. The van der Waals surface area contributed by atoms with Gasteiger partial charge in [0.2, 0.25) is 0 Å². The van der Waals surface area contributed by atoms with Crippen LogP contribution in [0.3, 0.4) is 0 Å². The minimum atomic E-state index is -0.0291. The summed E-state index contributed by atoms with van der Waals surface area (Å²) in [5, 5.41) is 4.23. The standard InChI is InChI=1S/C15H27N5O/c1-10(2)20-8-6-12(7-9-20)18(4)15(21)14-13(16)11(3)17-19(14)5/h10,12H,6-9,16H2,1-5H3. The maximum absolute atomic E-state index is 12.7. The highest BCUT2D eigenvalue weighted by atomic mass is 16.2. The van der Waals surface area contributed by atoms with Gasteiger partial charge in [0.15, 0.2) is 0 Å². The summed E-state index contributed by atoms with van der Waals surface area (Å²) >= 11 is 0. The quantitative estimate of drug-likeness (QED) is 0.911. The SMILES string of the molecule is Cc1nn(C)c(C(=O)N(C)C2CCN(C(C)C)CC2)c1N. The summed E-state index contributed by atoms with van der Waals surface area (Å²) in [5.74, 6) is -0.0291. The fourth-order valence-electron chi connectivity index (χ4n) is 3.05. The highest BCUT2D eigenvalue weighted by Crippen LogP contribution is 2.22. The molecule has 0 aromatic carbocycles. The molecule has 0 saturated carbocycles. The van der Waals surface area contributed by atoms with Crippen molar-refractivity contribution in [3.05, 3.63) is 11.4 Å². The van der Waals surface area contributed by atoms with Crippen molar-refractivity contribution in [1.82, 2.24) is 19.6 Å². The summed E-state index contributed by atoms with van der Waals surface area (Å²) in [7, 11) is 3.64. The third-order valence-corrected chi connectivity index (χ3v) is 4.57. The average Bonchev–Trinajstić information content (AvgIpc) is 2.70. The second-order valence-electron chi connectivity index (χ2n) is 6.25. The molecule has 0 spiro atoms. The van der Waals surface area contributed by atoms with Crippen molar-refractivity contribution < 1.29 is 4.79 Å². The maximum atomic E-state index is 12.7. The summed E-state index contributed by atoms with van der Waals surface area (Å²) < 4.78 is 1.59. The van der Waals surface area contributed by atoms with Crippen molar-refractivity contribution in [2.24, 2.45) is 7.05 Å². The van der Waals surface area contributed by atoms with Gasteiger partial charge in [0.05, 0.1) is 11.4 Å². The number of aromatic nitrogens is 2. The smallest absolute Gasteiger partial charge is 0.274 e. The Morgan fingerprint density at radius 1 is 1.38 bits per heavy atom. The van der Waals surface area contributed by atoms with Crippen LogP contribution in [-0.2, 0) is 7.05 Å². The molecule has 0 unspecified atom stereocenters. The Morgan fingerprint density at radius 2 is 1.95 bits per heavy atom. The van der Waals surface area contributed by atoms with Crippen molar-refractivity contribution in [2.45, 2.75) is 45.7 Å². The van der Waals surface area contributed by atoms with Crippen molar-refractivity contribution in [2.75, 3.05) is 25.9 Å². The summed E-state index contributed by atoms with van der Waals surface area (Å²) in [6.07, 6.45) is 2.02. The van der Waals surface area contributed by atoms with E-state index in [1.165, 1.54) is 0 Å². The van der Waals surface area contributed by atoms with Gasteiger partial charge in [0, 0.05) is 39.3 Å². The Morgan fingerprint density at radius 3 is 2.38 bits per heavy atom. The van der Waals surface area contributed by atoms with Gasteiger partial charge in [-0.15, -0.1) is 0 Å². The van der Waals surface area contributed by atoms with E-state index in [9.17, 15) is 4.79 Å². The highest BCUT2D eigenvalue weighted by molar-refractivity contribution is 5.98. The summed E-state index contributed by atoms with van der Waals surface area (Å²) in [4.78, 5) is 17.0. The van der Waals surface area contributed by atoms with Gasteiger partial charge in [0.25, 0.3) is 5.91 Å². The molecule has 0 bridgehead atoms. The lowest BCUT2D eigenvalue weighted by molar-refractivity contribution is 0.0606. The van der Waals surface area contributed by atoms with Crippen LogP contribution >= 0.6 is 0 Å². The number of likely N-dealkylation sites (tertiary alicyclic amines) is 1. The van der Waals surface area contributed by atoms with Crippen LogP contribution in [0, 0.1) is 6.92 Å². The second-order valence-corrected chi connectivity index (χ2v) is 6.25. The minimum absolute atomic E-state index is 0.0291. The molecule has 6 heteroatoms. The Labute approximate surface area is 126 Å². The van der Waals surface area contributed by atoms with Gasteiger partial charge in [-0.3, -0.25) is 9.48 Å². The van der Waals surface area contributed by atoms with Crippen molar-refractivity contribution in [3.63, 3.8) is 0 Å². The topological polar surface area (TPSA) is 67.4 Å². The number of anilines is 1. The monoisotopic (exact) mass is 293 g/mol. The molecule has 1 aromatic heterocycles. The van der Waals surface area contributed by atoms with E-state index in [1.807, 2.05) is 18.9 Å². The van der Waals surface area contributed by atoms with Crippen LogP contribution in [0.15, 0.2) is 0 Å². The van der Waals surface area contributed by atoms with E-state index in [2.05, 4.69) is 23.8 Å². The molecule has 1 aromatic rings. The van der Waals surface area contributed by atoms with E-state index in [-0.39, 0.29) is 11.9 Å². The molecule has 2 N–H and O–H groups in total. The van der Waals surface area contributed by atoms with Gasteiger partial charge in [0.1, 0.15) is 5.69 Å². The predicted octanol–water partition coefficient (Wildman–Crippen LogP) is 1.26. The number of aryl methyl sites for hydroxylation is 2. The molecular weight excluding hydrogens is 266 g/mol. The van der Waals surface area contributed by atoms with Crippen LogP contribution in [-0.4, -0.2) is 57.7 Å². The molecule has 1 fully saturated rings. The molecule has 1 amide bonds. The van der Waals surface area contributed by atoms with Gasteiger partial charge < -0.3 is 15.5 Å². The first kappa shape index (κ1) is 15.8. The Bertz CT molecular complexity index is 514. The van der Waals surface area contributed by atoms with Crippen LogP contribution in [0.4, 0.5) is 5.69 Å². The number of rotatable bonds is 3. The fraction of sp³-hybridized carbons (Fsp3) is 0.733. The normalized spacial score (nSPS) is 17.4. The van der Waals surface area contributed by atoms with Gasteiger partial charge in [-0.05, 0) is 33.6 Å². The number of hydrogen-bond acceptors (Lipinski definition) is 4. The number of carbonyl (C=O) groups is 1. The van der Waals surface area contributed by atoms with E-state index >= 15 is 0 Å². The zero-order chi connectivity index (χ0) is 15.7. The predicted molar refractivity (Wildman–Crippen MR) is 84.2 cm³/mol. The molecule has 21 heavy (non-hydrogen) atoms. The molecule has 2 rings (SSSR count). The largest absolute Gasteiger partial charge is 0.395 e. The average molecular weight is 293 g/mol. The fourth-order valence-corrected chi connectivity index (χ4v) is 3.05. The zero-order valence-electron chi connectivity index (χ0n) is 13.8. The number of carbonyl (C=O) groups excluding carboxylic acids is 1. The number of piperidine rings is 1. The molecular formula is C15H27N5O. The van der Waals surface area contributed by atoms with Gasteiger partial charge in [-0.2, -0.15) is 5.10 Å². The summed E-state index contributed by atoms with van der Waals surface area (Å²) in [6, 6.07) is 0.851. The van der Waals surface area contributed by atoms with Crippen LogP contribution in [0.25, 0.3) is 0 Å². The first-order chi connectivity index (χ1) is 9.82. The second kappa shape index (κ2) is 6.05. The lowest BCUT2D eigenvalue weighted by Gasteiger charge is -2.38. The molecule has 0 aliphatic carbocycles. The molecule has 1 aliphatic rings. The van der Waals surface area contributed by atoms with E-state index < -0.39 is 0 Å². The minimum Gasteiger partial charge on any atom is -0.395 e. The lowest BCUT2D eigenvalue weighted by Crippen LogP contribution is -2.47. The third-order valence-electron chi connectivity index (χ3n) is 4.57. The van der Waals surface area contributed by atoms with Gasteiger partial charge >= 0.3 is 0 Å². The van der Waals surface area contributed by atoms with E-state index in [4.69, 9.17) is 5.73 Å². The highest BCUT2D eigenvalue weighted by Gasteiger charge is 2.29. The van der Waals surface area contributed by atoms with Crippen LogP contribution < -0.4 is 5.73 Å². The van der Waals surface area contributed by atoms with Crippen LogP contribution in [0.2, 0.25) is 0 Å². The summed E-state index contributed by atoms with van der Waals surface area (Å²) in [6.45, 7) is 8.34. The number of hydrogen-bond donors (Lipinski definition) is 1. The van der Waals surface area contributed by atoms with Crippen molar-refractivity contribution in [3.8, 4) is 0 Å². The lowest BCUT2D eigenvalue weighted by atomic mass is 10.0. The Hall–Kier alpha value is -1.56. The maximum Gasteiger partial charge on any atom is 0.274 e. The van der Waals surface area contributed by atoms with E-state index in [0.717, 1.165) is 25.9 Å². The number of nitrogen functional groups attached to an aromatic ring is 1. The van der Waals surface area contributed by atoms with E-state index in [0.29, 0.717) is 23.1 Å². The zero-order valence-corrected chi connectivity index (χ0v) is 13.8.